The van der Waals surface area contributed by atoms with E-state index in [1.807, 2.05) is 0 Å². The van der Waals surface area contributed by atoms with E-state index in [0.29, 0.717) is 29.4 Å². The minimum absolute atomic E-state index is 0.0784. The fraction of sp³-hybridized carbons (Fsp3) is 0.417. The van der Waals surface area contributed by atoms with E-state index in [0.717, 1.165) is 0 Å². The van der Waals surface area contributed by atoms with Crippen molar-refractivity contribution in [1.29, 1.82) is 0 Å². The third-order valence-corrected chi connectivity index (χ3v) is 2.38. The zero-order chi connectivity index (χ0) is 12.8. The Labute approximate surface area is 100 Å². The lowest BCUT2D eigenvalue weighted by Gasteiger charge is -2.13. The fourth-order valence-electron chi connectivity index (χ4n) is 1.51. The molecule has 17 heavy (non-hydrogen) atoms. The first-order valence-corrected chi connectivity index (χ1v) is 5.21. The fourth-order valence-corrected chi connectivity index (χ4v) is 1.51. The van der Waals surface area contributed by atoms with Gasteiger partial charge in [-0.25, -0.2) is 0 Å². The largest absolute Gasteiger partial charge is 0.496 e. The van der Waals surface area contributed by atoms with Crippen molar-refractivity contribution in [2.24, 2.45) is 5.73 Å². The molecule has 0 bridgehead atoms. The molecule has 5 heteroatoms. The molecule has 0 aliphatic rings. The summed E-state index contributed by atoms with van der Waals surface area (Å²) in [5.41, 5.74) is 5.82. The van der Waals surface area contributed by atoms with Gasteiger partial charge >= 0.3 is 0 Å². The van der Waals surface area contributed by atoms with Crippen LogP contribution in [0, 0.1) is 0 Å². The highest BCUT2D eigenvalue weighted by atomic mass is 16.5. The SMILES string of the molecule is COc1cc(OC)c(C(=O)CCN)cc1OC. The van der Waals surface area contributed by atoms with E-state index in [2.05, 4.69) is 0 Å². The van der Waals surface area contributed by atoms with Crippen molar-refractivity contribution in [3.63, 3.8) is 0 Å². The summed E-state index contributed by atoms with van der Waals surface area (Å²) >= 11 is 0. The summed E-state index contributed by atoms with van der Waals surface area (Å²) in [6.07, 6.45) is 0.270. The molecule has 0 aliphatic carbocycles. The average molecular weight is 239 g/mol. The van der Waals surface area contributed by atoms with Gasteiger partial charge in [0, 0.05) is 12.5 Å². The Bertz CT molecular complexity index is 404. The number of ether oxygens (including phenoxy) is 3. The molecule has 0 saturated heterocycles. The lowest BCUT2D eigenvalue weighted by molar-refractivity contribution is 0.0982. The lowest BCUT2D eigenvalue weighted by atomic mass is 10.1. The van der Waals surface area contributed by atoms with Crippen LogP contribution in [0.25, 0.3) is 0 Å². The van der Waals surface area contributed by atoms with Gasteiger partial charge in [-0.1, -0.05) is 0 Å². The van der Waals surface area contributed by atoms with Gasteiger partial charge in [0.15, 0.2) is 17.3 Å². The lowest BCUT2D eigenvalue weighted by Crippen LogP contribution is -2.10. The molecule has 0 amide bonds. The number of ketones is 1. The topological polar surface area (TPSA) is 70.8 Å². The second-order valence-electron chi connectivity index (χ2n) is 3.37. The second-order valence-corrected chi connectivity index (χ2v) is 3.37. The van der Waals surface area contributed by atoms with E-state index < -0.39 is 0 Å². The van der Waals surface area contributed by atoms with Gasteiger partial charge in [-0.3, -0.25) is 4.79 Å². The number of benzene rings is 1. The normalized spacial score (nSPS) is 9.88. The molecule has 0 unspecified atom stereocenters. The van der Waals surface area contributed by atoms with Crippen LogP contribution in [0.4, 0.5) is 0 Å². The number of hydrogen-bond donors (Lipinski definition) is 1. The van der Waals surface area contributed by atoms with Crippen LogP contribution in [0.15, 0.2) is 12.1 Å². The van der Waals surface area contributed by atoms with Gasteiger partial charge in [0.1, 0.15) is 5.75 Å². The highest BCUT2D eigenvalue weighted by molar-refractivity contribution is 5.99. The summed E-state index contributed by atoms with van der Waals surface area (Å²) in [6.45, 7) is 0.302. The van der Waals surface area contributed by atoms with Crippen molar-refractivity contribution >= 4 is 5.78 Å². The highest BCUT2D eigenvalue weighted by Gasteiger charge is 2.16. The zero-order valence-corrected chi connectivity index (χ0v) is 10.3. The van der Waals surface area contributed by atoms with Crippen LogP contribution < -0.4 is 19.9 Å². The van der Waals surface area contributed by atoms with Crippen LogP contribution in [0.2, 0.25) is 0 Å². The molecule has 0 atom stereocenters. The third kappa shape index (κ3) is 2.88. The molecule has 5 nitrogen and oxygen atoms in total. The molecule has 1 aromatic rings. The Morgan fingerprint density at radius 1 is 1.06 bits per heavy atom. The zero-order valence-electron chi connectivity index (χ0n) is 10.3. The summed E-state index contributed by atoms with van der Waals surface area (Å²) in [6, 6.07) is 3.23. The van der Waals surface area contributed by atoms with Crippen molar-refractivity contribution in [2.75, 3.05) is 27.9 Å². The average Bonchev–Trinajstić information content (AvgIpc) is 2.37. The molecule has 1 rings (SSSR count). The van der Waals surface area contributed by atoms with E-state index in [4.69, 9.17) is 19.9 Å². The third-order valence-electron chi connectivity index (χ3n) is 2.38. The number of nitrogens with two attached hydrogens (primary N) is 1. The summed E-state index contributed by atoms with van der Waals surface area (Å²) < 4.78 is 15.4. The minimum atomic E-state index is -0.0784. The van der Waals surface area contributed by atoms with E-state index >= 15 is 0 Å². The molecule has 0 aliphatic heterocycles. The molecule has 0 spiro atoms. The Hall–Kier alpha value is -1.75. The van der Waals surface area contributed by atoms with Crippen molar-refractivity contribution in [3.8, 4) is 17.2 Å². The number of rotatable bonds is 6. The molecule has 0 aromatic heterocycles. The Morgan fingerprint density at radius 2 is 1.59 bits per heavy atom. The Balaban J connectivity index is 3.23. The second kappa shape index (κ2) is 6.10. The van der Waals surface area contributed by atoms with E-state index in [-0.39, 0.29) is 12.2 Å². The Morgan fingerprint density at radius 3 is 2.06 bits per heavy atom. The van der Waals surface area contributed by atoms with Gasteiger partial charge < -0.3 is 19.9 Å². The smallest absolute Gasteiger partial charge is 0.167 e. The molecule has 0 heterocycles. The monoisotopic (exact) mass is 239 g/mol. The van der Waals surface area contributed by atoms with Crippen molar-refractivity contribution in [1.82, 2.24) is 0 Å². The molecule has 1 aromatic carbocycles. The maximum atomic E-state index is 11.8. The maximum Gasteiger partial charge on any atom is 0.167 e. The van der Waals surface area contributed by atoms with Crippen molar-refractivity contribution in [3.05, 3.63) is 17.7 Å². The van der Waals surface area contributed by atoms with Gasteiger partial charge in [0.2, 0.25) is 0 Å². The number of carbonyl (C=O) groups excluding carboxylic acids is 1. The van der Waals surface area contributed by atoms with Crippen LogP contribution in [-0.4, -0.2) is 33.7 Å². The predicted octanol–water partition coefficient (Wildman–Crippen LogP) is 1.24. The van der Waals surface area contributed by atoms with Crippen LogP contribution in [-0.2, 0) is 0 Å². The molecule has 0 saturated carbocycles. The molecule has 0 fully saturated rings. The summed E-state index contributed by atoms with van der Waals surface area (Å²) in [5, 5.41) is 0. The van der Waals surface area contributed by atoms with Crippen LogP contribution in [0.3, 0.4) is 0 Å². The van der Waals surface area contributed by atoms with Gasteiger partial charge in [0.25, 0.3) is 0 Å². The molecule has 94 valence electrons. The highest BCUT2D eigenvalue weighted by Crippen LogP contribution is 2.35. The summed E-state index contributed by atoms with van der Waals surface area (Å²) in [5.74, 6) is 1.40. The number of carbonyl (C=O) groups is 1. The van der Waals surface area contributed by atoms with Crippen molar-refractivity contribution < 1.29 is 19.0 Å². The number of Topliss-reactive ketones (excluding diaryl/α,β-unsaturated/α-hetero) is 1. The molecular weight excluding hydrogens is 222 g/mol. The standard InChI is InChI=1S/C12H17NO4/c1-15-10-7-12(17-3)11(16-2)6-8(10)9(14)4-5-13/h6-7H,4-5,13H2,1-3H3. The quantitative estimate of drug-likeness (QED) is 0.756. The maximum absolute atomic E-state index is 11.8. The molecule has 0 radical (unpaired) electrons. The van der Waals surface area contributed by atoms with E-state index in [1.165, 1.54) is 21.3 Å². The first-order valence-electron chi connectivity index (χ1n) is 5.21. The molecule has 2 N–H and O–H groups in total. The van der Waals surface area contributed by atoms with E-state index in [1.54, 1.807) is 12.1 Å². The minimum Gasteiger partial charge on any atom is -0.496 e. The summed E-state index contributed by atoms with van der Waals surface area (Å²) in [4.78, 5) is 11.8. The first-order chi connectivity index (χ1) is 8.17. The van der Waals surface area contributed by atoms with Gasteiger partial charge in [-0.05, 0) is 12.6 Å². The number of hydrogen-bond acceptors (Lipinski definition) is 5. The van der Waals surface area contributed by atoms with Crippen LogP contribution in [0.1, 0.15) is 16.8 Å². The first kappa shape index (κ1) is 13.3. The van der Waals surface area contributed by atoms with Gasteiger partial charge in [-0.2, -0.15) is 0 Å². The van der Waals surface area contributed by atoms with E-state index in [9.17, 15) is 4.79 Å². The number of methoxy groups -OCH3 is 3. The van der Waals surface area contributed by atoms with Crippen molar-refractivity contribution in [2.45, 2.75) is 6.42 Å². The van der Waals surface area contributed by atoms with Gasteiger partial charge in [-0.15, -0.1) is 0 Å². The summed E-state index contributed by atoms with van der Waals surface area (Å²) in [7, 11) is 4.54. The molecular formula is C12H17NO4. The van der Waals surface area contributed by atoms with Crippen LogP contribution in [0.5, 0.6) is 17.2 Å². The Kier molecular flexibility index (Phi) is 4.78. The predicted molar refractivity (Wildman–Crippen MR) is 64.1 cm³/mol. The van der Waals surface area contributed by atoms with Crippen LogP contribution >= 0.6 is 0 Å². The van der Waals surface area contributed by atoms with Gasteiger partial charge in [0.05, 0.1) is 26.9 Å².